The average Bonchev–Trinajstić information content (AvgIpc) is 3.15. The molecule has 2 aromatic rings. The van der Waals surface area contributed by atoms with Gasteiger partial charge in [-0.1, -0.05) is 22.9 Å². The number of rotatable bonds is 5. The van der Waals surface area contributed by atoms with Gasteiger partial charge in [0.2, 0.25) is 0 Å². The summed E-state index contributed by atoms with van der Waals surface area (Å²) in [4.78, 5) is 4.18. The summed E-state index contributed by atoms with van der Waals surface area (Å²) in [5.41, 5.74) is 1.13. The van der Waals surface area contributed by atoms with E-state index in [9.17, 15) is 5.11 Å². The summed E-state index contributed by atoms with van der Waals surface area (Å²) in [6.45, 7) is 5.09. The van der Waals surface area contributed by atoms with Crippen molar-refractivity contribution in [3.05, 3.63) is 22.4 Å². The van der Waals surface area contributed by atoms with Gasteiger partial charge in [0.1, 0.15) is 10.2 Å². The van der Waals surface area contributed by atoms with Crippen LogP contribution in [0.1, 0.15) is 31.2 Å². The van der Waals surface area contributed by atoms with Crippen molar-refractivity contribution in [2.45, 2.75) is 37.8 Å². The van der Waals surface area contributed by atoms with E-state index in [-0.39, 0.29) is 12.0 Å². The molecule has 0 amide bonds. The predicted octanol–water partition coefficient (Wildman–Crippen LogP) is 2.94. The van der Waals surface area contributed by atoms with Gasteiger partial charge in [-0.05, 0) is 32.3 Å². The highest BCUT2D eigenvalue weighted by molar-refractivity contribution is 7.14. The van der Waals surface area contributed by atoms with E-state index in [2.05, 4.69) is 20.5 Å². The lowest BCUT2D eigenvalue weighted by molar-refractivity contribution is 0.0211. The molecule has 1 saturated carbocycles. The number of nitrogens with zero attached hydrogens (tertiary/aromatic N) is 3. The van der Waals surface area contributed by atoms with Gasteiger partial charge >= 0.3 is 0 Å². The van der Waals surface area contributed by atoms with Crippen molar-refractivity contribution in [2.24, 2.45) is 5.92 Å². The van der Waals surface area contributed by atoms with Crippen LogP contribution >= 0.6 is 22.9 Å². The maximum Gasteiger partial charge on any atom is 0.151 e. The van der Waals surface area contributed by atoms with E-state index in [1.807, 2.05) is 19.9 Å². The first-order valence-corrected chi connectivity index (χ1v) is 9.17. The third-order valence-electron chi connectivity index (χ3n) is 4.55. The Kier molecular flexibility index (Phi) is 3.99. The third-order valence-corrected chi connectivity index (χ3v) is 5.85. The molecule has 0 radical (unpaired) electrons. The highest BCUT2D eigenvalue weighted by Crippen LogP contribution is 2.54. The summed E-state index contributed by atoms with van der Waals surface area (Å²) in [6.07, 6.45) is 2.69. The molecule has 24 heavy (non-hydrogen) atoms. The lowest BCUT2D eigenvalue weighted by atomic mass is 10.0. The van der Waals surface area contributed by atoms with Crippen molar-refractivity contribution in [2.75, 3.05) is 18.5 Å². The molecule has 1 saturated heterocycles. The number of pyridine rings is 1. The van der Waals surface area contributed by atoms with Crippen LogP contribution in [0.25, 0.3) is 10.6 Å². The highest BCUT2D eigenvalue weighted by atomic mass is 35.5. The molecular weight excluding hydrogens is 348 g/mol. The Morgan fingerprint density at radius 3 is 2.79 bits per heavy atom. The number of anilines is 1. The second-order valence-electron chi connectivity index (χ2n) is 6.98. The minimum atomic E-state index is -0.671. The van der Waals surface area contributed by atoms with Crippen molar-refractivity contribution in [1.82, 2.24) is 15.2 Å². The molecule has 0 unspecified atom stereocenters. The zero-order valence-corrected chi connectivity index (χ0v) is 15.1. The standard InChI is InChI=1S/C16H19ClN4O2S/c1-16(2,22)11-3-9(11)14-20-21-15(24-14)10-5-18-13(17)4-12(10)19-8-6-23-7-8/h4-5,8-9,11,22H,3,6-7H2,1-2H3,(H,18,19)/t9-,11-/m1/s1. The molecule has 6 nitrogen and oxygen atoms in total. The van der Waals surface area contributed by atoms with Crippen molar-refractivity contribution in [3.8, 4) is 10.6 Å². The van der Waals surface area contributed by atoms with Crippen molar-refractivity contribution < 1.29 is 9.84 Å². The lowest BCUT2D eigenvalue weighted by Gasteiger charge is -2.28. The predicted molar refractivity (Wildman–Crippen MR) is 93.5 cm³/mol. The molecule has 0 aromatic carbocycles. The largest absolute Gasteiger partial charge is 0.390 e. The first-order chi connectivity index (χ1) is 11.4. The van der Waals surface area contributed by atoms with Crippen molar-refractivity contribution in [1.29, 1.82) is 0 Å². The molecule has 3 heterocycles. The van der Waals surface area contributed by atoms with E-state index >= 15 is 0 Å². The maximum absolute atomic E-state index is 10.1. The second kappa shape index (κ2) is 5.91. The molecule has 8 heteroatoms. The van der Waals surface area contributed by atoms with E-state index in [1.165, 1.54) is 0 Å². The fourth-order valence-corrected chi connectivity index (χ4v) is 4.20. The van der Waals surface area contributed by atoms with Crippen LogP contribution in [0.4, 0.5) is 5.69 Å². The summed E-state index contributed by atoms with van der Waals surface area (Å²) in [6, 6.07) is 2.10. The Morgan fingerprint density at radius 1 is 1.38 bits per heavy atom. The van der Waals surface area contributed by atoms with Gasteiger partial charge in [-0.25, -0.2) is 4.98 Å². The minimum absolute atomic E-state index is 0.256. The zero-order chi connectivity index (χ0) is 16.9. The topological polar surface area (TPSA) is 80.2 Å². The number of halogens is 1. The van der Waals surface area contributed by atoms with Crippen LogP contribution in [0.5, 0.6) is 0 Å². The molecule has 1 aliphatic heterocycles. The number of hydrogen-bond acceptors (Lipinski definition) is 7. The van der Waals surface area contributed by atoms with Crippen molar-refractivity contribution in [3.63, 3.8) is 0 Å². The summed E-state index contributed by atoms with van der Waals surface area (Å²) < 4.78 is 5.21. The van der Waals surface area contributed by atoms with Crippen LogP contribution in [-0.2, 0) is 4.74 Å². The van der Waals surface area contributed by atoms with E-state index in [0.717, 1.165) is 27.7 Å². The van der Waals surface area contributed by atoms with Crippen molar-refractivity contribution >= 4 is 28.6 Å². The molecule has 128 valence electrons. The van der Waals surface area contributed by atoms with E-state index in [1.54, 1.807) is 17.5 Å². The highest BCUT2D eigenvalue weighted by Gasteiger charge is 2.49. The molecule has 2 fully saturated rings. The number of nitrogens with one attached hydrogen (secondary N) is 1. The van der Waals surface area contributed by atoms with Crippen LogP contribution < -0.4 is 5.32 Å². The second-order valence-corrected chi connectivity index (χ2v) is 8.38. The van der Waals surface area contributed by atoms with Gasteiger partial charge in [-0.15, -0.1) is 10.2 Å². The average molecular weight is 367 g/mol. The first kappa shape index (κ1) is 16.2. The van der Waals surface area contributed by atoms with Gasteiger partial charge in [0.05, 0.1) is 30.4 Å². The van der Waals surface area contributed by atoms with Crippen LogP contribution in [0.15, 0.2) is 12.3 Å². The van der Waals surface area contributed by atoms with Gasteiger partial charge in [0.15, 0.2) is 5.01 Å². The zero-order valence-electron chi connectivity index (χ0n) is 13.5. The Morgan fingerprint density at radius 2 is 2.17 bits per heavy atom. The van der Waals surface area contributed by atoms with Crippen LogP contribution in [0, 0.1) is 5.92 Å². The SMILES string of the molecule is CC(C)(O)[C@@H]1C[C@H]1c1nnc(-c2cnc(Cl)cc2NC2COC2)s1. The third kappa shape index (κ3) is 3.13. The molecule has 2 atom stereocenters. The van der Waals surface area contributed by atoms with Crippen LogP contribution in [0.3, 0.4) is 0 Å². The first-order valence-electron chi connectivity index (χ1n) is 7.98. The van der Waals surface area contributed by atoms with Gasteiger partial charge < -0.3 is 15.2 Å². The van der Waals surface area contributed by atoms with Gasteiger partial charge in [-0.2, -0.15) is 0 Å². The summed E-state index contributed by atoms with van der Waals surface area (Å²) in [7, 11) is 0. The number of aliphatic hydroxyl groups is 1. The van der Waals surface area contributed by atoms with E-state index in [4.69, 9.17) is 16.3 Å². The van der Waals surface area contributed by atoms with Gasteiger partial charge in [0.25, 0.3) is 0 Å². The monoisotopic (exact) mass is 366 g/mol. The summed E-state index contributed by atoms with van der Waals surface area (Å²) >= 11 is 7.60. The maximum atomic E-state index is 10.1. The molecule has 2 N–H and O–H groups in total. The molecular formula is C16H19ClN4O2S. The molecule has 0 spiro atoms. The van der Waals surface area contributed by atoms with E-state index in [0.29, 0.717) is 24.3 Å². The van der Waals surface area contributed by atoms with Gasteiger partial charge in [-0.3, -0.25) is 0 Å². The summed E-state index contributed by atoms with van der Waals surface area (Å²) in [5, 5.41) is 24.5. The Hall–Kier alpha value is -1.28. The minimum Gasteiger partial charge on any atom is -0.390 e. The Bertz CT molecular complexity index is 757. The Labute approximate surface area is 149 Å². The molecule has 2 aromatic heterocycles. The molecule has 0 bridgehead atoms. The van der Waals surface area contributed by atoms with Gasteiger partial charge in [0, 0.05) is 17.8 Å². The fraction of sp³-hybridized carbons (Fsp3) is 0.562. The smallest absolute Gasteiger partial charge is 0.151 e. The number of ether oxygens (including phenoxy) is 1. The Balaban J connectivity index is 1.58. The normalized spacial score (nSPS) is 23.8. The van der Waals surface area contributed by atoms with Crippen LogP contribution in [0.2, 0.25) is 5.15 Å². The lowest BCUT2D eigenvalue weighted by Crippen LogP contribution is -2.40. The molecule has 2 aliphatic rings. The quantitative estimate of drug-likeness (QED) is 0.792. The molecule has 4 rings (SSSR count). The van der Waals surface area contributed by atoms with Crippen LogP contribution in [-0.4, -0.2) is 45.1 Å². The fourth-order valence-electron chi connectivity index (χ4n) is 3.00. The number of aromatic nitrogens is 3. The summed E-state index contributed by atoms with van der Waals surface area (Å²) in [5.74, 6) is 0.555. The number of hydrogen-bond donors (Lipinski definition) is 2. The molecule has 1 aliphatic carbocycles. The van der Waals surface area contributed by atoms with E-state index < -0.39 is 5.60 Å².